The SMILES string of the molecule is CCCN(C(=O)CC)[C@@H]1CCc2ccc([N+](=O)[O-])c(Cl)c2C1. The lowest BCUT2D eigenvalue weighted by atomic mass is 9.86. The molecule has 1 atom stereocenters. The maximum atomic E-state index is 12.2. The summed E-state index contributed by atoms with van der Waals surface area (Å²) < 4.78 is 0. The first-order valence-corrected chi connectivity index (χ1v) is 8.11. The summed E-state index contributed by atoms with van der Waals surface area (Å²) in [5.41, 5.74) is 1.84. The standard InChI is InChI=1S/C16H21ClN2O3/c1-3-9-18(15(20)4-2)12-7-5-11-6-8-14(19(21)22)16(17)13(11)10-12/h6,8,12H,3-5,7,9-10H2,1-2H3/t12-/m1/s1. The molecule has 0 aromatic heterocycles. The fraction of sp³-hybridized carbons (Fsp3) is 0.562. The lowest BCUT2D eigenvalue weighted by molar-refractivity contribution is -0.384. The van der Waals surface area contributed by atoms with Gasteiger partial charge in [0.1, 0.15) is 5.02 Å². The maximum Gasteiger partial charge on any atom is 0.288 e. The van der Waals surface area contributed by atoms with E-state index >= 15 is 0 Å². The second kappa shape index (κ2) is 7.09. The summed E-state index contributed by atoms with van der Waals surface area (Å²) in [4.78, 5) is 24.7. The van der Waals surface area contributed by atoms with Gasteiger partial charge < -0.3 is 4.90 Å². The Kier molecular flexibility index (Phi) is 5.40. The molecule has 0 spiro atoms. The molecule has 1 aromatic carbocycles. The second-order valence-electron chi connectivity index (χ2n) is 5.63. The van der Waals surface area contributed by atoms with Gasteiger partial charge in [-0.1, -0.05) is 31.5 Å². The van der Waals surface area contributed by atoms with Crippen LogP contribution in [0, 0.1) is 10.1 Å². The fourth-order valence-electron chi connectivity index (χ4n) is 3.13. The molecule has 0 unspecified atom stereocenters. The molecule has 6 heteroatoms. The number of nitro benzene ring substituents is 1. The fourth-order valence-corrected chi connectivity index (χ4v) is 3.46. The lowest BCUT2D eigenvalue weighted by Gasteiger charge is -2.35. The van der Waals surface area contributed by atoms with Gasteiger partial charge in [0, 0.05) is 25.1 Å². The average molecular weight is 325 g/mol. The topological polar surface area (TPSA) is 63.5 Å². The number of carbonyl (C=O) groups excluding carboxylic acids is 1. The molecule has 1 amide bonds. The normalized spacial score (nSPS) is 17.0. The summed E-state index contributed by atoms with van der Waals surface area (Å²) in [5.74, 6) is 0.136. The molecule has 0 saturated carbocycles. The number of carbonyl (C=O) groups is 1. The van der Waals surface area contributed by atoms with E-state index in [2.05, 4.69) is 0 Å². The van der Waals surface area contributed by atoms with Gasteiger partial charge in [0.05, 0.1) is 4.92 Å². The first kappa shape index (κ1) is 16.7. The molecular formula is C16H21ClN2O3. The van der Waals surface area contributed by atoms with E-state index in [0.717, 1.165) is 36.9 Å². The number of nitrogens with zero attached hydrogens (tertiary/aromatic N) is 2. The van der Waals surface area contributed by atoms with E-state index in [9.17, 15) is 14.9 Å². The van der Waals surface area contributed by atoms with Crippen molar-refractivity contribution < 1.29 is 9.72 Å². The van der Waals surface area contributed by atoms with Crippen molar-refractivity contribution in [1.82, 2.24) is 4.90 Å². The van der Waals surface area contributed by atoms with E-state index in [-0.39, 0.29) is 22.7 Å². The predicted molar refractivity (Wildman–Crippen MR) is 86.2 cm³/mol. The summed E-state index contributed by atoms with van der Waals surface area (Å²) in [7, 11) is 0. The van der Waals surface area contributed by atoms with Gasteiger partial charge in [0.25, 0.3) is 5.69 Å². The van der Waals surface area contributed by atoms with Crippen molar-refractivity contribution in [2.24, 2.45) is 0 Å². The van der Waals surface area contributed by atoms with Crippen LogP contribution >= 0.6 is 11.6 Å². The lowest BCUT2D eigenvalue weighted by Crippen LogP contribution is -2.43. The van der Waals surface area contributed by atoms with Crippen molar-refractivity contribution in [1.29, 1.82) is 0 Å². The van der Waals surface area contributed by atoms with Crippen molar-refractivity contribution >= 4 is 23.2 Å². The number of halogens is 1. The average Bonchev–Trinajstić information content (AvgIpc) is 2.51. The zero-order valence-electron chi connectivity index (χ0n) is 13.0. The summed E-state index contributed by atoms with van der Waals surface area (Å²) in [5, 5.41) is 11.3. The first-order valence-electron chi connectivity index (χ1n) is 7.73. The van der Waals surface area contributed by atoms with Crippen LogP contribution in [0.15, 0.2) is 12.1 Å². The zero-order valence-corrected chi connectivity index (χ0v) is 13.7. The molecule has 2 rings (SSSR count). The largest absolute Gasteiger partial charge is 0.339 e. The van der Waals surface area contributed by atoms with Gasteiger partial charge in [-0.25, -0.2) is 0 Å². The van der Waals surface area contributed by atoms with Gasteiger partial charge in [0.15, 0.2) is 0 Å². The van der Waals surface area contributed by atoms with Crippen molar-refractivity contribution in [3.63, 3.8) is 0 Å². The maximum absolute atomic E-state index is 12.2. The molecule has 5 nitrogen and oxygen atoms in total. The number of amides is 1. The second-order valence-corrected chi connectivity index (χ2v) is 6.01. The molecule has 1 aliphatic carbocycles. The summed E-state index contributed by atoms with van der Waals surface area (Å²) in [6.07, 6.45) is 3.66. The Morgan fingerprint density at radius 3 is 2.77 bits per heavy atom. The zero-order chi connectivity index (χ0) is 16.3. The molecular weight excluding hydrogens is 304 g/mol. The van der Waals surface area contributed by atoms with Crippen LogP contribution in [0.2, 0.25) is 5.02 Å². The minimum absolute atomic E-state index is 0.0510. The molecule has 1 aromatic rings. The van der Waals surface area contributed by atoms with E-state index < -0.39 is 4.92 Å². The number of hydrogen-bond acceptors (Lipinski definition) is 3. The minimum atomic E-state index is -0.451. The first-order chi connectivity index (χ1) is 10.5. The number of rotatable bonds is 5. The van der Waals surface area contributed by atoms with Crippen molar-refractivity contribution in [2.45, 2.75) is 52.0 Å². The van der Waals surface area contributed by atoms with Crippen LogP contribution in [0.25, 0.3) is 0 Å². The number of aryl methyl sites for hydroxylation is 1. The molecule has 0 radical (unpaired) electrons. The molecule has 1 aliphatic rings. The smallest absolute Gasteiger partial charge is 0.288 e. The third-order valence-electron chi connectivity index (χ3n) is 4.23. The summed E-state index contributed by atoms with van der Waals surface area (Å²) in [6, 6.07) is 3.35. The van der Waals surface area contributed by atoms with Gasteiger partial charge in [0.2, 0.25) is 5.91 Å². The van der Waals surface area contributed by atoms with Gasteiger partial charge >= 0.3 is 0 Å². The van der Waals surface area contributed by atoms with Crippen LogP contribution in [-0.4, -0.2) is 28.3 Å². The molecule has 0 fully saturated rings. The Balaban J connectivity index is 2.31. The van der Waals surface area contributed by atoms with Crippen LogP contribution < -0.4 is 0 Å². The van der Waals surface area contributed by atoms with E-state index in [1.807, 2.05) is 18.7 Å². The Morgan fingerprint density at radius 2 is 2.18 bits per heavy atom. The van der Waals surface area contributed by atoms with E-state index in [1.54, 1.807) is 6.07 Å². The van der Waals surface area contributed by atoms with Gasteiger partial charge in [-0.2, -0.15) is 0 Å². The summed E-state index contributed by atoms with van der Waals surface area (Å²) in [6.45, 7) is 4.63. The highest BCUT2D eigenvalue weighted by Gasteiger charge is 2.30. The van der Waals surface area contributed by atoms with Crippen molar-refractivity contribution in [3.05, 3.63) is 38.4 Å². The highest BCUT2D eigenvalue weighted by Crippen LogP contribution is 2.36. The van der Waals surface area contributed by atoms with Gasteiger partial charge in [-0.05, 0) is 36.8 Å². The Morgan fingerprint density at radius 1 is 1.45 bits per heavy atom. The number of fused-ring (bicyclic) bond motifs is 1. The highest BCUT2D eigenvalue weighted by atomic mass is 35.5. The van der Waals surface area contributed by atoms with Crippen molar-refractivity contribution in [2.75, 3.05) is 6.54 Å². The molecule has 0 saturated heterocycles. The van der Waals surface area contributed by atoms with Crippen LogP contribution in [0.1, 0.15) is 44.2 Å². The molecule has 0 bridgehead atoms. The van der Waals surface area contributed by atoms with Crippen LogP contribution in [-0.2, 0) is 17.6 Å². The highest BCUT2D eigenvalue weighted by molar-refractivity contribution is 6.33. The van der Waals surface area contributed by atoms with Crippen LogP contribution in [0.3, 0.4) is 0 Å². The van der Waals surface area contributed by atoms with Crippen molar-refractivity contribution in [3.8, 4) is 0 Å². The van der Waals surface area contributed by atoms with E-state index in [4.69, 9.17) is 11.6 Å². The quantitative estimate of drug-likeness (QED) is 0.612. The minimum Gasteiger partial charge on any atom is -0.339 e. The van der Waals surface area contributed by atoms with Crippen LogP contribution in [0.4, 0.5) is 5.69 Å². The third-order valence-corrected chi connectivity index (χ3v) is 4.65. The van der Waals surface area contributed by atoms with Gasteiger partial charge in [-0.15, -0.1) is 0 Å². The summed E-state index contributed by atoms with van der Waals surface area (Å²) >= 11 is 6.24. The Bertz CT molecular complexity index is 589. The number of nitro groups is 1. The van der Waals surface area contributed by atoms with Crippen LogP contribution in [0.5, 0.6) is 0 Å². The number of benzene rings is 1. The molecule has 0 aliphatic heterocycles. The van der Waals surface area contributed by atoms with E-state index in [0.29, 0.717) is 12.8 Å². The molecule has 22 heavy (non-hydrogen) atoms. The molecule has 120 valence electrons. The number of hydrogen-bond donors (Lipinski definition) is 0. The third kappa shape index (κ3) is 3.24. The van der Waals surface area contributed by atoms with Gasteiger partial charge in [-0.3, -0.25) is 14.9 Å². The van der Waals surface area contributed by atoms with E-state index in [1.165, 1.54) is 6.07 Å². The Hall–Kier alpha value is -1.62. The molecule has 0 heterocycles. The molecule has 0 N–H and O–H groups in total. The Labute approximate surface area is 135 Å². The monoisotopic (exact) mass is 324 g/mol. The predicted octanol–water partition coefficient (Wildman–Crippen LogP) is 3.75.